The molecule has 5 nitrogen and oxygen atoms in total. The molecule has 3 atom stereocenters. The Kier molecular flexibility index (Phi) is 4.36. The zero-order chi connectivity index (χ0) is 15.9. The third kappa shape index (κ3) is 3.24. The Hall–Kier alpha value is -0.850. The van der Waals surface area contributed by atoms with Crippen molar-refractivity contribution in [1.82, 2.24) is 8.61 Å². The quantitative estimate of drug-likeness (QED) is 0.836. The highest BCUT2D eigenvalue weighted by molar-refractivity contribution is 7.86. The van der Waals surface area contributed by atoms with Crippen LogP contribution in [0.5, 0.6) is 0 Å². The first-order chi connectivity index (χ1) is 10.4. The average Bonchev–Trinajstić information content (AvgIpc) is 3.02. The zero-order valence-corrected chi connectivity index (χ0v) is 14.5. The van der Waals surface area contributed by atoms with Gasteiger partial charge in [0, 0.05) is 26.1 Å². The number of nitrogens with zero attached hydrogens (tertiary/aromatic N) is 2. The van der Waals surface area contributed by atoms with Crippen molar-refractivity contribution in [1.29, 1.82) is 0 Å². The molecule has 0 bridgehead atoms. The van der Waals surface area contributed by atoms with Gasteiger partial charge in [0.1, 0.15) is 11.5 Å². The van der Waals surface area contributed by atoms with Crippen molar-refractivity contribution in [3.05, 3.63) is 23.7 Å². The monoisotopic (exact) mass is 326 g/mol. The topological polar surface area (TPSA) is 53.8 Å². The summed E-state index contributed by atoms with van der Waals surface area (Å²) in [6.07, 6.45) is 3.22. The molecule has 2 heterocycles. The molecule has 2 fully saturated rings. The molecule has 3 unspecified atom stereocenters. The fraction of sp³-hybridized carbons (Fsp3) is 0.750. The van der Waals surface area contributed by atoms with Crippen LogP contribution in [-0.4, -0.2) is 37.2 Å². The minimum atomic E-state index is -3.39. The SMILES string of the molecule is CC1CCCN(S(=O)(=O)N(C)Cc2ccc(C3CC3C)o2)C1. The van der Waals surface area contributed by atoms with E-state index in [1.165, 1.54) is 10.7 Å². The van der Waals surface area contributed by atoms with E-state index in [2.05, 4.69) is 13.8 Å². The van der Waals surface area contributed by atoms with Gasteiger partial charge < -0.3 is 4.42 Å². The number of piperidine rings is 1. The molecule has 0 radical (unpaired) electrons. The minimum absolute atomic E-state index is 0.300. The van der Waals surface area contributed by atoms with Gasteiger partial charge in [-0.05, 0) is 43.2 Å². The highest BCUT2D eigenvalue weighted by Crippen LogP contribution is 2.47. The maximum atomic E-state index is 12.7. The minimum Gasteiger partial charge on any atom is -0.464 e. The van der Waals surface area contributed by atoms with E-state index in [0.29, 0.717) is 37.4 Å². The number of furan rings is 1. The van der Waals surface area contributed by atoms with Crippen LogP contribution in [0.3, 0.4) is 0 Å². The Balaban J connectivity index is 1.65. The summed E-state index contributed by atoms with van der Waals surface area (Å²) in [4.78, 5) is 0. The first-order valence-corrected chi connectivity index (χ1v) is 9.57. The van der Waals surface area contributed by atoms with E-state index in [1.54, 1.807) is 11.4 Å². The van der Waals surface area contributed by atoms with Crippen molar-refractivity contribution in [3.8, 4) is 0 Å². The summed E-state index contributed by atoms with van der Waals surface area (Å²) in [6.45, 7) is 5.86. The van der Waals surface area contributed by atoms with Crippen molar-refractivity contribution < 1.29 is 12.8 Å². The molecule has 1 saturated heterocycles. The zero-order valence-electron chi connectivity index (χ0n) is 13.7. The molecule has 6 heteroatoms. The van der Waals surface area contributed by atoms with Crippen molar-refractivity contribution in [2.45, 2.75) is 45.6 Å². The van der Waals surface area contributed by atoms with E-state index < -0.39 is 10.2 Å². The third-order valence-electron chi connectivity index (χ3n) is 4.88. The first-order valence-electron chi connectivity index (χ1n) is 8.18. The fourth-order valence-electron chi connectivity index (χ4n) is 3.25. The van der Waals surface area contributed by atoms with Crippen LogP contribution in [0.25, 0.3) is 0 Å². The van der Waals surface area contributed by atoms with Crippen molar-refractivity contribution >= 4 is 10.2 Å². The molecular formula is C16H26N2O3S. The van der Waals surface area contributed by atoms with Gasteiger partial charge in [-0.3, -0.25) is 0 Å². The Bertz CT molecular complexity index is 625. The standard InChI is InChI=1S/C16H26N2O3S/c1-12-5-4-8-18(10-12)22(19,20)17(3)11-14-6-7-16(21-14)15-9-13(15)2/h6-7,12-13,15H,4-5,8-11H2,1-3H3. The lowest BCUT2D eigenvalue weighted by Gasteiger charge is -2.32. The Morgan fingerprint density at radius 2 is 2.09 bits per heavy atom. The molecule has 124 valence electrons. The predicted molar refractivity (Wildman–Crippen MR) is 85.6 cm³/mol. The maximum Gasteiger partial charge on any atom is 0.282 e. The van der Waals surface area contributed by atoms with Crippen LogP contribution < -0.4 is 0 Å². The third-order valence-corrected chi connectivity index (χ3v) is 6.78. The van der Waals surface area contributed by atoms with E-state index in [1.807, 2.05) is 12.1 Å². The lowest BCUT2D eigenvalue weighted by Crippen LogP contribution is -2.45. The number of hydrogen-bond donors (Lipinski definition) is 0. The van der Waals surface area contributed by atoms with Gasteiger partial charge in [-0.25, -0.2) is 0 Å². The van der Waals surface area contributed by atoms with Crippen molar-refractivity contribution in [2.75, 3.05) is 20.1 Å². The summed E-state index contributed by atoms with van der Waals surface area (Å²) in [5, 5.41) is 0. The molecule has 0 amide bonds. The second-order valence-electron chi connectivity index (χ2n) is 6.99. The summed E-state index contributed by atoms with van der Waals surface area (Å²) in [6, 6.07) is 3.90. The van der Waals surface area contributed by atoms with Crippen molar-refractivity contribution in [3.63, 3.8) is 0 Å². The molecule has 0 N–H and O–H groups in total. The normalized spacial score (nSPS) is 29.9. The highest BCUT2D eigenvalue weighted by Gasteiger charge is 2.37. The maximum absolute atomic E-state index is 12.7. The molecule has 1 aromatic heterocycles. The lowest BCUT2D eigenvalue weighted by atomic mass is 10.0. The largest absolute Gasteiger partial charge is 0.464 e. The molecule has 1 aliphatic heterocycles. The fourth-order valence-corrected chi connectivity index (χ4v) is 4.74. The Morgan fingerprint density at radius 3 is 2.73 bits per heavy atom. The molecule has 22 heavy (non-hydrogen) atoms. The second kappa shape index (κ2) is 5.98. The number of hydrogen-bond acceptors (Lipinski definition) is 3. The van der Waals surface area contributed by atoms with Crippen molar-refractivity contribution in [2.24, 2.45) is 11.8 Å². The van der Waals surface area contributed by atoms with E-state index >= 15 is 0 Å². The smallest absolute Gasteiger partial charge is 0.282 e. The molecule has 1 saturated carbocycles. The van der Waals surface area contributed by atoms with Gasteiger partial charge in [-0.1, -0.05) is 13.8 Å². The van der Waals surface area contributed by atoms with Crippen LogP contribution in [-0.2, 0) is 16.8 Å². The van der Waals surface area contributed by atoms with Gasteiger partial charge in [0.25, 0.3) is 10.2 Å². The second-order valence-corrected chi connectivity index (χ2v) is 9.03. The van der Waals surface area contributed by atoms with Crippen LogP contribution in [0, 0.1) is 11.8 Å². The van der Waals surface area contributed by atoms with Crippen LogP contribution in [0.2, 0.25) is 0 Å². The molecule has 3 rings (SSSR count). The van der Waals surface area contributed by atoms with Gasteiger partial charge in [0.2, 0.25) is 0 Å². The average molecular weight is 326 g/mol. The van der Waals surface area contributed by atoms with Gasteiger partial charge in [0.05, 0.1) is 6.54 Å². The molecule has 2 aliphatic rings. The first kappa shape index (κ1) is 16.0. The predicted octanol–water partition coefficient (Wildman–Crippen LogP) is 2.81. The van der Waals surface area contributed by atoms with Crippen LogP contribution in [0.15, 0.2) is 16.5 Å². The van der Waals surface area contributed by atoms with E-state index in [4.69, 9.17) is 4.42 Å². The van der Waals surface area contributed by atoms with E-state index in [0.717, 1.165) is 24.4 Å². The Labute approximate surface area is 133 Å². The van der Waals surface area contributed by atoms with E-state index in [-0.39, 0.29) is 0 Å². The molecule has 0 spiro atoms. The molecular weight excluding hydrogens is 300 g/mol. The van der Waals surface area contributed by atoms with E-state index in [9.17, 15) is 8.42 Å². The molecule has 1 aliphatic carbocycles. The van der Waals surface area contributed by atoms with Crippen LogP contribution in [0.1, 0.15) is 50.5 Å². The Morgan fingerprint density at radius 1 is 1.36 bits per heavy atom. The lowest BCUT2D eigenvalue weighted by molar-refractivity contribution is 0.259. The van der Waals surface area contributed by atoms with Gasteiger partial charge in [-0.15, -0.1) is 0 Å². The molecule has 0 aromatic carbocycles. The molecule has 1 aromatic rings. The summed E-state index contributed by atoms with van der Waals surface area (Å²) in [5.41, 5.74) is 0. The van der Waals surface area contributed by atoms with Gasteiger partial charge in [-0.2, -0.15) is 17.0 Å². The summed E-state index contributed by atoms with van der Waals surface area (Å²) in [5.74, 6) is 3.38. The summed E-state index contributed by atoms with van der Waals surface area (Å²) >= 11 is 0. The van der Waals surface area contributed by atoms with Crippen LogP contribution >= 0.6 is 0 Å². The summed E-state index contributed by atoms with van der Waals surface area (Å²) in [7, 11) is -1.76. The van der Waals surface area contributed by atoms with Crippen LogP contribution in [0.4, 0.5) is 0 Å². The van der Waals surface area contributed by atoms with Gasteiger partial charge >= 0.3 is 0 Å². The summed E-state index contributed by atoms with van der Waals surface area (Å²) < 4.78 is 34.1. The number of rotatable bonds is 5. The van der Waals surface area contributed by atoms with Gasteiger partial charge in [0.15, 0.2) is 0 Å². The highest BCUT2D eigenvalue weighted by atomic mass is 32.2.